The highest BCUT2D eigenvalue weighted by molar-refractivity contribution is 5.81. The van der Waals surface area contributed by atoms with E-state index in [2.05, 4.69) is 0 Å². The number of amides is 2. The van der Waals surface area contributed by atoms with Crippen molar-refractivity contribution in [2.75, 3.05) is 13.1 Å². The second-order valence-electron chi connectivity index (χ2n) is 4.67. The first kappa shape index (κ1) is 13.0. The Morgan fingerprint density at radius 3 is 2.50 bits per heavy atom. The first-order valence-corrected chi connectivity index (χ1v) is 5.77. The summed E-state index contributed by atoms with van der Waals surface area (Å²) in [6, 6.07) is -0.165. The van der Waals surface area contributed by atoms with Crippen molar-refractivity contribution < 1.29 is 9.59 Å². The van der Waals surface area contributed by atoms with Gasteiger partial charge in [-0.3, -0.25) is 9.59 Å². The van der Waals surface area contributed by atoms with Crippen LogP contribution in [-0.2, 0) is 9.59 Å². The molecule has 0 aromatic carbocycles. The summed E-state index contributed by atoms with van der Waals surface area (Å²) in [4.78, 5) is 24.8. The van der Waals surface area contributed by atoms with Crippen LogP contribution in [-0.4, -0.2) is 35.8 Å². The first-order chi connectivity index (χ1) is 7.43. The van der Waals surface area contributed by atoms with Gasteiger partial charge in [0, 0.05) is 19.1 Å². The predicted octanol–water partition coefficient (Wildman–Crippen LogP) is -0.306. The van der Waals surface area contributed by atoms with E-state index in [-0.39, 0.29) is 29.7 Å². The Morgan fingerprint density at radius 1 is 1.38 bits per heavy atom. The number of nitrogens with zero attached hydrogens (tertiary/aromatic N) is 1. The average Bonchev–Trinajstić information content (AvgIpc) is 2.27. The molecule has 1 saturated heterocycles. The molecule has 1 heterocycles. The average molecular weight is 227 g/mol. The number of nitrogens with two attached hydrogens (primary N) is 2. The Balaban J connectivity index is 2.60. The molecule has 1 aliphatic rings. The number of hydrogen-bond acceptors (Lipinski definition) is 3. The normalized spacial score (nSPS) is 24.9. The van der Waals surface area contributed by atoms with E-state index in [4.69, 9.17) is 11.5 Å². The van der Waals surface area contributed by atoms with Crippen LogP contribution in [0.3, 0.4) is 0 Å². The van der Waals surface area contributed by atoms with E-state index in [1.54, 1.807) is 4.90 Å². The number of carbonyl (C=O) groups excluding carboxylic acids is 2. The smallest absolute Gasteiger partial charge is 0.226 e. The van der Waals surface area contributed by atoms with E-state index in [0.29, 0.717) is 13.1 Å². The van der Waals surface area contributed by atoms with Crippen molar-refractivity contribution >= 4 is 11.8 Å². The van der Waals surface area contributed by atoms with Crippen molar-refractivity contribution in [1.82, 2.24) is 4.90 Å². The van der Waals surface area contributed by atoms with Gasteiger partial charge < -0.3 is 16.4 Å². The lowest BCUT2D eigenvalue weighted by molar-refractivity contribution is -0.138. The van der Waals surface area contributed by atoms with Gasteiger partial charge in [0.2, 0.25) is 11.8 Å². The van der Waals surface area contributed by atoms with E-state index >= 15 is 0 Å². The van der Waals surface area contributed by atoms with Crippen LogP contribution in [0.5, 0.6) is 0 Å². The Kier molecular flexibility index (Phi) is 4.29. The molecule has 2 amide bonds. The second kappa shape index (κ2) is 5.30. The lowest BCUT2D eigenvalue weighted by atomic mass is 9.95. The van der Waals surface area contributed by atoms with Crippen molar-refractivity contribution in [1.29, 1.82) is 0 Å². The third kappa shape index (κ3) is 2.95. The molecule has 16 heavy (non-hydrogen) atoms. The topological polar surface area (TPSA) is 89.4 Å². The highest BCUT2D eigenvalue weighted by Gasteiger charge is 2.30. The Hall–Kier alpha value is -1.10. The van der Waals surface area contributed by atoms with E-state index < -0.39 is 0 Å². The zero-order chi connectivity index (χ0) is 12.3. The third-order valence-electron chi connectivity index (χ3n) is 3.31. The van der Waals surface area contributed by atoms with Crippen LogP contribution in [0.2, 0.25) is 0 Å². The quantitative estimate of drug-likeness (QED) is 0.693. The van der Waals surface area contributed by atoms with Crippen molar-refractivity contribution in [2.24, 2.45) is 23.3 Å². The van der Waals surface area contributed by atoms with Crippen LogP contribution in [0, 0.1) is 11.8 Å². The van der Waals surface area contributed by atoms with Crippen LogP contribution in [0.1, 0.15) is 26.7 Å². The maximum atomic E-state index is 12.0. The highest BCUT2D eigenvalue weighted by atomic mass is 16.2. The molecule has 0 bridgehead atoms. The van der Waals surface area contributed by atoms with E-state index in [1.165, 1.54) is 0 Å². The van der Waals surface area contributed by atoms with Gasteiger partial charge in [-0.1, -0.05) is 6.92 Å². The summed E-state index contributed by atoms with van der Waals surface area (Å²) >= 11 is 0. The predicted molar refractivity (Wildman–Crippen MR) is 61.3 cm³/mol. The lowest BCUT2D eigenvalue weighted by Gasteiger charge is -2.33. The van der Waals surface area contributed by atoms with E-state index in [1.807, 2.05) is 13.8 Å². The molecule has 0 radical (unpaired) electrons. The number of likely N-dealkylation sites (tertiary alicyclic amines) is 1. The molecule has 0 saturated carbocycles. The summed E-state index contributed by atoms with van der Waals surface area (Å²) in [6.45, 7) is 4.80. The van der Waals surface area contributed by atoms with Gasteiger partial charge in [0.05, 0.1) is 11.8 Å². The van der Waals surface area contributed by atoms with Crippen molar-refractivity contribution in [3.63, 3.8) is 0 Å². The van der Waals surface area contributed by atoms with Gasteiger partial charge in [-0.15, -0.1) is 0 Å². The molecule has 3 atom stereocenters. The third-order valence-corrected chi connectivity index (χ3v) is 3.31. The second-order valence-corrected chi connectivity index (χ2v) is 4.67. The summed E-state index contributed by atoms with van der Waals surface area (Å²) in [7, 11) is 0. The van der Waals surface area contributed by atoms with Gasteiger partial charge >= 0.3 is 0 Å². The highest BCUT2D eigenvalue weighted by Crippen LogP contribution is 2.18. The molecule has 1 aliphatic heterocycles. The first-order valence-electron chi connectivity index (χ1n) is 5.77. The molecule has 0 aromatic rings. The van der Waals surface area contributed by atoms with Gasteiger partial charge in [-0.25, -0.2) is 0 Å². The summed E-state index contributed by atoms with van der Waals surface area (Å²) in [6.07, 6.45) is 1.62. The molecular weight excluding hydrogens is 206 g/mol. The molecule has 5 nitrogen and oxygen atoms in total. The van der Waals surface area contributed by atoms with Gasteiger partial charge in [0.25, 0.3) is 0 Å². The molecule has 0 aliphatic carbocycles. The summed E-state index contributed by atoms with van der Waals surface area (Å²) in [5, 5.41) is 0. The summed E-state index contributed by atoms with van der Waals surface area (Å²) in [5.74, 6) is -0.684. The lowest BCUT2D eigenvalue weighted by Crippen LogP contribution is -2.48. The van der Waals surface area contributed by atoms with Crippen molar-refractivity contribution in [3.05, 3.63) is 0 Å². The maximum absolute atomic E-state index is 12.0. The molecule has 5 heteroatoms. The van der Waals surface area contributed by atoms with Gasteiger partial charge in [-0.05, 0) is 19.8 Å². The van der Waals surface area contributed by atoms with Crippen LogP contribution >= 0.6 is 0 Å². The zero-order valence-electron chi connectivity index (χ0n) is 9.98. The fourth-order valence-electron chi connectivity index (χ4n) is 1.92. The fraction of sp³-hybridized carbons (Fsp3) is 0.818. The van der Waals surface area contributed by atoms with Gasteiger partial charge in [0.15, 0.2) is 0 Å². The minimum absolute atomic E-state index is 0.0287. The Labute approximate surface area is 96.1 Å². The van der Waals surface area contributed by atoms with Gasteiger partial charge in [0.1, 0.15) is 0 Å². The number of carbonyl (C=O) groups is 2. The molecule has 4 N–H and O–H groups in total. The Morgan fingerprint density at radius 2 is 2.00 bits per heavy atom. The maximum Gasteiger partial charge on any atom is 0.226 e. The standard InChI is InChI=1S/C11H21N3O2/c1-7(8(2)12)11(16)14-5-3-4-9(6-14)10(13)15/h7-9H,3-6,12H2,1-2H3,(H2,13,15). The SMILES string of the molecule is CC(N)C(C)C(=O)N1CCCC(C(N)=O)C1. The molecule has 1 fully saturated rings. The number of rotatable bonds is 3. The van der Waals surface area contributed by atoms with E-state index in [0.717, 1.165) is 12.8 Å². The largest absolute Gasteiger partial charge is 0.369 e. The minimum Gasteiger partial charge on any atom is -0.369 e. The van der Waals surface area contributed by atoms with E-state index in [9.17, 15) is 9.59 Å². The van der Waals surface area contributed by atoms with Crippen LogP contribution < -0.4 is 11.5 Å². The summed E-state index contributed by atoms with van der Waals surface area (Å²) in [5.41, 5.74) is 11.0. The van der Waals surface area contributed by atoms with Crippen LogP contribution in [0.4, 0.5) is 0 Å². The van der Waals surface area contributed by atoms with Crippen molar-refractivity contribution in [2.45, 2.75) is 32.7 Å². The molecule has 92 valence electrons. The molecule has 0 spiro atoms. The molecule has 1 rings (SSSR count). The number of primary amides is 1. The van der Waals surface area contributed by atoms with Crippen molar-refractivity contribution in [3.8, 4) is 0 Å². The monoisotopic (exact) mass is 227 g/mol. The molecule has 0 aromatic heterocycles. The van der Waals surface area contributed by atoms with Crippen LogP contribution in [0.25, 0.3) is 0 Å². The number of piperidine rings is 1. The summed E-state index contributed by atoms with van der Waals surface area (Å²) < 4.78 is 0. The minimum atomic E-state index is -0.314. The molecule has 3 unspecified atom stereocenters. The van der Waals surface area contributed by atoms with Gasteiger partial charge in [-0.2, -0.15) is 0 Å². The zero-order valence-corrected chi connectivity index (χ0v) is 9.98. The fourth-order valence-corrected chi connectivity index (χ4v) is 1.92. The Bertz CT molecular complexity index is 278. The number of hydrogen-bond donors (Lipinski definition) is 2. The van der Waals surface area contributed by atoms with Crippen LogP contribution in [0.15, 0.2) is 0 Å². The molecular formula is C11H21N3O2.